The Labute approximate surface area is 123 Å². The third-order valence-corrected chi connectivity index (χ3v) is 4.93. The summed E-state index contributed by atoms with van der Waals surface area (Å²) in [7, 11) is 0. The van der Waals surface area contributed by atoms with Crippen LogP contribution in [0.5, 0.6) is 0 Å². The third kappa shape index (κ3) is 2.16. The zero-order valence-corrected chi connectivity index (χ0v) is 12.0. The van der Waals surface area contributed by atoms with Gasteiger partial charge in [0.2, 0.25) is 0 Å². The number of pyridine rings is 1. The Morgan fingerprint density at radius 2 is 2.14 bits per heavy atom. The third-order valence-electron chi connectivity index (χ3n) is 4.93. The van der Waals surface area contributed by atoms with Crippen molar-refractivity contribution in [2.24, 2.45) is 0 Å². The molecule has 0 amide bonds. The van der Waals surface area contributed by atoms with Crippen LogP contribution in [0.2, 0.25) is 0 Å². The van der Waals surface area contributed by atoms with Crippen molar-refractivity contribution in [2.75, 3.05) is 6.61 Å². The van der Waals surface area contributed by atoms with Crippen molar-refractivity contribution in [3.63, 3.8) is 0 Å². The van der Waals surface area contributed by atoms with Gasteiger partial charge in [-0.3, -0.25) is 14.3 Å². The van der Waals surface area contributed by atoms with Gasteiger partial charge in [-0.15, -0.1) is 0 Å². The van der Waals surface area contributed by atoms with Crippen molar-refractivity contribution in [1.82, 2.24) is 14.5 Å². The topological polar surface area (TPSA) is 57.0 Å². The Kier molecular flexibility index (Phi) is 3.03. The second-order valence-electron chi connectivity index (χ2n) is 6.26. The van der Waals surface area contributed by atoms with Crippen LogP contribution >= 0.6 is 0 Å². The van der Waals surface area contributed by atoms with Gasteiger partial charge in [0.25, 0.3) is 5.56 Å². The van der Waals surface area contributed by atoms with Crippen molar-refractivity contribution >= 4 is 10.9 Å². The Hall–Kier alpha value is -1.75. The summed E-state index contributed by atoms with van der Waals surface area (Å²) in [5.41, 5.74) is 0.707. The van der Waals surface area contributed by atoms with Gasteiger partial charge < -0.3 is 4.74 Å². The molecular formula is C16H19N3O2. The smallest absolute Gasteiger partial charge is 0.263 e. The molecule has 21 heavy (non-hydrogen) atoms. The highest BCUT2D eigenvalue weighted by Crippen LogP contribution is 2.42. The van der Waals surface area contributed by atoms with Crippen LogP contribution < -0.4 is 5.56 Å². The number of aromatic nitrogens is 3. The summed E-state index contributed by atoms with van der Waals surface area (Å²) in [6.45, 7) is 0.618. The van der Waals surface area contributed by atoms with Gasteiger partial charge in [-0.1, -0.05) is 19.3 Å². The van der Waals surface area contributed by atoms with E-state index in [1.807, 2.05) is 0 Å². The van der Waals surface area contributed by atoms with Crippen molar-refractivity contribution in [3.8, 4) is 0 Å². The SMILES string of the molecule is O=c1c2cnccc2ncn1C1COC2(CCCCC2)C1. The molecule has 1 saturated heterocycles. The van der Waals surface area contributed by atoms with Crippen molar-refractivity contribution in [1.29, 1.82) is 0 Å². The molecule has 1 atom stereocenters. The summed E-state index contributed by atoms with van der Waals surface area (Å²) in [4.78, 5) is 21.0. The van der Waals surface area contributed by atoms with E-state index in [4.69, 9.17) is 4.74 Å². The molecule has 0 bridgehead atoms. The van der Waals surface area contributed by atoms with E-state index in [9.17, 15) is 4.79 Å². The van der Waals surface area contributed by atoms with E-state index in [0.29, 0.717) is 17.5 Å². The van der Waals surface area contributed by atoms with Crippen molar-refractivity contribution in [2.45, 2.75) is 50.2 Å². The average Bonchev–Trinajstić information content (AvgIpc) is 2.92. The molecule has 2 fully saturated rings. The highest BCUT2D eigenvalue weighted by atomic mass is 16.5. The first-order valence-electron chi connectivity index (χ1n) is 7.72. The lowest BCUT2D eigenvalue weighted by molar-refractivity contribution is -0.0248. The fourth-order valence-corrected chi connectivity index (χ4v) is 3.78. The van der Waals surface area contributed by atoms with E-state index in [2.05, 4.69) is 9.97 Å². The van der Waals surface area contributed by atoms with Crippen LogP contribution in [0.3, 0.4) is 0 Å². The zero-order chi connectivity index (χ0) is 14.3. The second kappa shape index (κ2) is 4.91. The maximum Gasteiger partial charge on any atom is 0.263 e. The Morgan fingerprint density at radius 1 is 1.29 bits per heavy atom. The van der Waals surface area contributed by atoms with Gasteiger partial charge in [0.1, 0.15) is 0 Å². The first-order valence-corrected chi connectivity index (χ1v) is 7.72. The van der Waals surface area contributed by atoms with Gasteiger partial charge in [-0.25, -0.2) is 4.98 Å². The Balaban J connectivity index is 1.68. The molecule has 4 rings (SSSR count). The van der Waals surface area contributed by atoms with Crippen LogP contribution in [0.1, 0.15) is 44.6 Å². The molecule has 5 heteroatoms. The lowest BCUT2D eigenvalue weighted by Crippen LogP contribution is -2.31. The normalized spacial score (nSPS) is 24.7. The van der Waals surface area contributed by atoms with E-state index >= 15 is 0 Å². The van der Waals surface area contributed by atoms with Gasteiger partial charge in [-0.2, -0.15) is 0 Å². The quantitative estimate of drug-likeness (QED) is 0.807. The number of nitrogens with zero attached hydrogens (tertiary/aromatic N) is 3. The largest absolute Gasteiger partial charge is 0.373 e. The van der Waals surface area contributed by atoms with Crippen LogP contribution in [0, 0.1) is 0 Å². The lowest BCUT2D eigenvalue weighted by atomic mass is 9.82. The minimum absolute atomic E-state index is 0.00504. The minimum atomic E-state index is -0.00504. The van der Waals surface area contributed by atoms with Gasteiger partial charge in [-0.05, 0) is 25.3 Å². The molecule has 0 N–H and O–H groups in total. The lowest BCUT2D eigenvalue weighted by Gasteiger charge is -2.32. The second-order valence-corrected chi connectivity index (χ2v) is 6.26. The van der Waals surface area contributed by atoms with Crippen molar-refractivity contribution in [3.05, 3.63) is 35.1 Å². The molecule has 110 valence electrons. The van der Waals surface area contributed by atoms with Crippen LogP contribution in [0.15, 0.2) is 29.6 Å². The summed E-state index contributed by atoms with van der Waals surface area (Å²) in [6, 6.07) is 1.88. The van der Waals surface area contributed by atoms with E-state index < -0.39 is 0 Å². The van der Waals surface area contributed by atoms with Crippen LogP contribution in [-0.4, -0.2) is 26.7 Å². The Morgan fingerprint density at radius 3 is 3.00 bits per heavy atom. The molecule has 2 aromatic rings. The van der Waals surface area contributed by atoms with E-state index in [1.165, 1.54) is 19.3 Å². The van der Waals surface area contributed by atoms with Crippen LogP contribution in [0.25, 0.3) is 10.9 Å². The predicted octanol–water partition coefficient (Wildman–Crippen LogP) is 2.46. The number of rotatable bonds is 1. The number of fused-ring (bicyclic) bond motifs is 1. The number of hydrogen-bond donors (Lipinski definition) is 0. The molecule has 1 aliphatic carbocycles. The fraction of sp³-hybridized carbons (Fsp3) is 0.562. The van der Waals surface area contributed by atoms with Gasteiger partial charge in [0.15, 0.2) is 0 Å². The monoisotopic (exact) mass is 285 g/mol. The first-order chi connectivity index (χ1) is 10.3. The standard InChI is InChI=1S/C16H19N3O2/c20-15-13-9-17-7-4-14(13)18-11-19(15)12-8-16(21-10-12)5-2-1-3-6-16/h4,7,9,11-12H,1-3,5-6,8,10H2. The summed E-state index contributed by atoms with van der Waals surface area (Å²) in [5, 5.41) is 0.588. The molecule has 2 aromatic heterocycles. The minimum Gasteiger partial charge on any atom is -0.373 e. The molecular weight excluding hydrogens is 266 g/mol. The van der Waals surface area contributed by atoms with E-state index in [-0.39, 0.29) is 17.2 Å². The van der Waals surface area contributed by atoms with Gasteiger partial charge in [0, 0.05) is 12.4 Å². The van der Waals surface area contributed by atoms with Gasteiger partial charge >= 0.3 is 0 Å². The van der Waals surface area contributed by atoms with E-state index in [1.54, 1.807) is 29.4 Å². The molecule has 0 aromatic carbocycles. The Bertz CT molecular complexity index is 719. The summed E-state index contributed by atoms with van der Waals surface area (Å²) >= 11 is 0. The number of hydrogen-bond acceptors (Lipinski definition) is 4. The van der Waals surface area contributed by atoms with E-state index in [0.717, 1.165) is 19.3 Å². The number of ether oxygens (including phenoxy) is 1. The fourth-order valence-electron chi connectivity index (χ4n) is 3.78. The molecule has 1 aliphatic heterocycles. The summed E-state index contributed by atoms with van der Waals surface area (Å²) < 4.78 is 7.86. The highest BCUT2D eigenvalue weighted by Gasteiger charge is 2.42. The molecule has 2 aliphatic rings. The molecule has 0 radical (unpaired) electrons. The summed E-state index contributed by atoms with van der Waals surface area (Å²) in [5.74, 6) is 0. The maximum absolute atomic E-state index is 12.6. The average molecular weight is 285 g/mol. The first kappa shape index (κ1) is 13.0. The summed E-state index contributed by atoms with van der Waals surface area (Å²) in [6.07, 6.45) is 11.9. The van der Waals surface area contributed by atoms with Crippen LogP contribution in [-0.2, 0) is 4.74 Å². The van der Waals surface area contributed by atoms with Crippen LogP contribution in [0.4, 0.5) is 0 Å². The van der Waals surface area contributed by atoms with Crippen molar-refractivity contribution < 1.29 is 4.74 Å². The molecule has 1 saturated carbocycles. The molecule has 1 unspecified atom stereocenters. The molecule has 5 nitrogen and oxygen atoms in total. The predicted molar refractivity (Wildman–Crippen MR) is 79.2 cm³/mol. The molecule has 3 heterocycles. The van der Waals surface area contributed by atoms with Gasteiger partial charge in [0.05, 0.1) is 35.5 Å². The zero-order valence-electron chi connectivity index (χ0n) is 12.0. The maximum atomic E-state index is 12.6. The molecule has 1 spiro atoms. The highest BCUT2D eigenvalue weighted by molar-refractivity contribution is 5.75.